The van der Waals surface area contributed by atoms with Gasteiger partial charge in [0.25, 0.3) is 5.56 Å². The predicted octanol–water partition coefficient (Wildman–Crippen LogP) is 2.39. The molecule has 8 nitrogen and oxygen atoms in total. The monoisotopic (exact) mass is 377 g/mol. The molecular formula is C20H19N5O3. The maximum Gasteiger partial charge on any atom is 0.297 e. The van der Waals surface area contributed by atoms with Crippen molar-refractivity contribution < 1.29 is 9.53 Å². The fourth-order valence-electron chi connectivity index (χ4n) is 3.24. The van der Waals surface area contributed by atoms with E-state index in [9.17, 15) is 9.59 Å². The molecule has 0 unspecified atom stereocenters. The Bertz CT molecular complexity index is 1240. The van der Waals surface area contributed by atoms with Crippen LogP contribution >= 0.6 is 0 Å². The molecule has 4 rings (SSSR count). The maximum atomic E-state index is 12.9. The van der Waals surface area contributed by atoms with E-state index in [2.05, 4.69) is 15.5 Å². The first kappa shape index (κ1) is 17.7. The van der Waals surface area contributed by atoms with Crippen LogP contribution in [0.15, 0.2) is 53.3 Å². The van der Waals surface area contributed by atoms with Crippen LogP contribution in [0, 0.1) is 6.92 Å². The molecule has 2 aromatic carbocycles. The molecule has 28 heavy (non-hydrogen) atoms. The number of hydrogen-bond donors (Lipinski definition) is 1. The van der Waals surface area contributed by atoms with E-state index in [1.165, 1.54) is 4.57 Å². The number of aryl methyl sites for hydroxylation is 1. The van der Waals surface area contributed by atoms with Crippen molar-refractivity contribution in [2.45, 2.75) is 20.4 Å². The lowest BCUT2D eigenvalue weighted by molar-refractivity contribution is -0.116. The quantitative estimate of drug-likeness (QED) is 0.577. The third-order valence-corrected chi connectivity index (χ3v) is 4.44. The second-order valence-electron chi connectivity index (χ2n) is 6.26. The van der Waals surface area contributed by atoms with Crippen LogP contribution in [0.2, 0.25) is 0 Å². The van der Waals surface area contributed by atoms with Gasteiger partial charge in [-0.1, -0.05) is 24.3 Å². The van der Waals surface area contributed by atoms with Gasteiger partial charge in [0.1, 0.15) is 18.1 Å². The SMILES string of the molecule is CCOc1ccccc1NC(=O)Cn1c(=O)c2nnc(C)n2c2ccccc21. The van der Waals surface area contributed by atoms with Crippen molar-refractivity contribution in [1.29, 1.82) is 0 Å². The maximum absolute atomic E-state index is 12.9. The summed E-state index contributed by atoms with van der Waals surface area (Å²) in [4.78, 5) is 25.7. The van der Waals surface area contributed by atoms with Gasteiger partial charge in [0, 0.05) is 0 Å². The predicted molar refractivity (Wildman–Crippen MR) is 106 cm³/mol. The second-order valence-corrected chi connectivity index (χ2v) is 6.26. The molecule has 8 heteroatoms. The minimum atomic E-state index is -0.368. The van der Waals surface area contributed by atoms with Gasteiger partial charge >= 0.3 is 0 Å². The smallest absolute Gasteiger partial charge is 0.297 e. The van der Waals surface area contributed by atoms with Gasteiger partial charge < -0.3 is 10.1 Å². The van der Waals surface area contributed by atoms with Crippen LogP contribution < -0.4 is 15.6 Å². The summed E-state index contributed by atoms with van der Waals surface area (Å²) in [6.45, 7) is 4.00. The summed E-state index contributed by atoms with van der Waals surface area (Å²) in [6.07, 6.45) is 0. The number of benzene rings is 2. The first-order chi connectivity index (χ1) is 13.6. The molecule has 1 N–H and O–H groups in total. The van der Waals surface area contributed by atoms with Crippen LogP contribution in [0.1, 0.15) is 12.7 Å². The van der Waals surface area contributed by atoms with E-state index >= 15 is 0 Å². The second kappa shape index (κ2) is 7.15. The molecule has 0 bridgehead atoms. The Labute approximate surface area is 160 Å². The average molecular weight is 377 g/mol. The van der Waals surface area contributed by atoms with E-state index < -0.39 is 0 Å². The summed E-state index contributed by atoms with van der Waals surface area (Å²) in [5.74, 6) is 0.865. The van der Waals surface area contributed by atoms with Crippen LogP contribution in [-0.4, -0.2) is 31.7 Å². The number of carbonyl (C=O) groups excluding carboxylic acids is 1. The molecule has 142 valence electrons. The zero-order valence-electron chi connectivity index (χ0n) is 15.5. The summed E-state index contributed by atoms with van der Waals surface area (Å²) in [5.41, 5.74) is 1.79. The number of carbonyl (C=O) groups is 1. The highest BCUT2D eigenvalue weighted by atomic mass is 16.5. The van der Waals surface area contributed by atoms with Gasteiger partial charge in [-0.2, -0.15) is 0 Å². The number of ether oxygens (including phenoxy) is 1. The van der Waals surface area contributed by atoms with Crippen LogP contribution in [0.4, 0.5) is 5.69 Å². The fraction of sp³-hybridized carbons (Fsp3) is 0.200. The largest absolute Gasteiger partial charge is 0.492 e. The Morgan fingerprint density at radius 2 is 1.79 bits per heavy atom. The van der Waals surface area contributed by atoms with Gasteiger partial charge in [-0.3, -0.25) is 18.6 Å². The molecule has 0 aliphatic carbocycles. The molecule has 0 aliphatic heterocycles. The lowest BCUT2D eigenvalue weighted by Crippen LogP contribution is -2.29. The normalized spacial score (nSPS) is 11.1. The number of aromatic nitrogens is 4. The lowest BCUT2D eigenvalue weighted by atomic mass is 10.2. The molecule has 2 aromatic heterocycles. The number of amides is 1. The summed E-state index contributed by atoms with van der Waals surface area (Å²) < 4.78 is 8.66. The van der Waals surface area contributed by atoms with Gasteiger partial charge in [0.05, 0.1) is 23.3 Å². The van der Waals surface area contributed by atoms with Gasteiger partial charge in [-0.25, -0.2) is 0 Å². The van der Waals surface area contributed by atoms with Crippen LogP contribution in [0.25, 0.3) is 16.7 Å². The Morgan fingerprint density at radius 1 is 1.07 bits per heavy atom. The number of rotatable bonds is 5. The Balaban J connectivity index is 1.75. The number of nitrogens with zero attached hydrogens (tertiary/aromatic N) is 4. The molecule has 0 fully saturated rings. The van der Waals surface area contributed by atoms with Crippen molar-refractivity contribution in [3.05, 3.63) is 64.7 Å². The fourth-order valence-corrected chi connectivity index (χ4v) is 3.24. The third-order valence-electron chi connectivity index (χ3n) is 4.44. The summed E-state index contributed by atoms with van der Waals surface area (Å²) >= 11 is 0. The molecule has 0 saturated carbocycles. The summed E-state index contributed by atoms with van der Waals surface area (Å²) in [7, 11) is 0. The van der Waals surface area contributed by atoms with E-state index in [0.29, 0.717) is 29.4 Å². The third kappa shape index (κ3) is 2.98. The van der Waals surface area contributed by atoms with E-state index in [4.69, 9.17) is 4.74 Å². The van der Waals surface area contributed by atoms with Gasteiger partial charge in [0.2, 0.25) is 11.6 Å². The van der Waals surface area contributed by atoms with Gasteiger partial charge in [0.15, 0.2) is 0 Å². The zero-order chi connectivity index (χ0) is 19.7. The van der Waals surface area contributed by atoms with Crippen LogP contribution in [0.5, 0.6) is 5.75 Å². The Kier molecular flexibility index (Phi) is 4.52. The number of para-hydroxylation sites is 4. The Morgan fingerprint density at radius 3 is 2.57 bits per heavy atom. The molecule has 0 saturated heterocycles. The summed E-state index contributed by atoms with van der Waals surface area (Å²) in [6, 6.07) is 14.6. The standard InChI is InChI=1S/C20H19N5O3/c1-3-28-17-11-7-4-8-14(17)21-18(26)12-24-15-9-5-6-10-16(15)25-13(2)22-23-19(25)20(24)27/h4-11H,3,12H2,1-2H3,(H,21,26). The topological polar surface area (TPSA) is 90.5 Å². The highest BCUT2D eigenvalue weighted by Crippen LogP contribution is 2.23. The zero-order valence-corrected chi connectivity index (χ0v) is 15.5. The number of anilines is 1. The molecule has 0 aliphatic rings. The van der Waals surface area contributed by atoms with E-state index in [-0.39, 0.29) is 23.7 Å². The average Bonchev–Trinajstić information content (AvgIpc) is 3.09. The summed E-state index contributed by atoms with van der Waals surface area (Å²) in [5, 5.41) is 10.8. The van der Waals surface area contributed by atoms with E-state index in [0.717, 1.165) is 5.52 Å². The van der Waals surface area contributed by atoms with Gasteiger partial charge in [-0.05, 0) is 38.1 Å². The minimum Gasteiger partial charge on any atom is -0.492 e. The first-order valence-corrected chi connectivity index (χ1v) is 8.95. The molecule has 0 radical (unpaired) electrons. The van der Waals surface area contributed by atoms with Crippen LogP contribution in [0.3, 0.4) is 0 Å². The van der Waals surface area contributed by atoms with Crippen molar-refractivity contribution in [1.82, 2.24) is 19.2 Å². The number of hydrogen-bond acceptors (Lipinski definition) is 5. The van der Waals surface area contributed by atoms with Crippen molar-refractivity contribution >= 4 is 28.3 Å². The van der Waals surface area contributed by atoms with E-state index in [1.54, 1.807) is 29.5 Å². The molecule has 0 atom stereocenters. The number of fused-ring (bicyclic) bond motifs is 3. The van der Waals surface area contributed by atoms with Crippen molar-refractivity contribution in [2.75, 3.05) is 11.9 Å². The van der Waals surface area contributed by atoms with Crippen molar-refractivity contribution in [3.63, 3.8) is 0 Å². The molecular weight excluding hydrogens is 358 g/mol. The van der Waals surface area contributed by atoms with E-state index in [1.807, 2.05) is 37.3 Å². The lowest BCUT2D eigenvalue weighted by Gasteiger charge is -2.14. The van der Waals surface area contributed by atoms with Crippen LogP contribution in [-0.2, 0) is 11.3 Å². The number of nitrogens with one attached hydrogen (secondary N) is 1. The van der Waals surface area contributed by atoms with Crippen molar-refractivity contribution in [2.24, 2.45) is 0 Å². The molecule has 1 amide bonds. The molecule has 4 aromatic rings. The highest BCUT2D eigenvalue weighted by molar-refractivity contribution is 5.93. The first-order valence-electron chi connectivity index (χ1n) is 8.95. The van der Waals surface area contributed by atoms with Gasteiger partial charge in [-0.15, -0.1) is 10.2 Å². The molecule has 0 spiro atoms. The molecule has 2 heterocycles. The Hall–Kier alpha value is -3.68. The highest BCUT2D eigenvalue weighted by Gasteiger charge is 2.17. The van der Waals surface area contributed by atoms with Crippen molar-refractivity contribution in [3.8, 4) is 5.75 Å². The minimum absolute atomic E-state index is 0.151.